The second-order valence-corrected chi connectivity index (χ2v) is 10.3. The molecule has 0 bridgehead atoms. The molecule has 0 spiro atoms. The Morgan fingerprint density at radius 1 is 0.949 bits per heavy atom. The summed E-state index contributed by atoms with van der Waals surface area (Å²) < 4.78 is 21.1. The predicted molar refractivity (Wildman–Crippen MR) is 151 cm³/mol. The van der Waals surface area contributed by atoms with E-state index in [1.165, 1.54) is 16.7 Å². The Hall–Kier alpha value is -4.12. The average Bonchev–Trinajstić information content (AvgIpc) is 2.98. The standard InChI is InChI=1S/C28H29FN6O3S/c1-38-24-10-6-21(7-11-24)18-34-26(31-17-22-3-2-12-30-25(22)33-13-15-39-16-14-33)32-27(36)35(28(34)37)19-20-4-8-23(29)9-5-20/h2-12H,13-19H2,1H3,(H,31,32,36). The Kier molecular flexibility index (Phi) is 8.26. The zero-order valence-corrected chi connectivity index (χ0v) is 22.4. The number of rotatable bonds is 9. The third-order valence-electron chi connectivity index (χ3n) is 6.52. The van der Waals surface area contributed by atoms with E-state index in [-0.39, 0.29) is 19.0 Å². The molecule has 3 heterocycles. The maximum absolute atomic E-state index is 13.7. The maximum Gasteiger partial charge on any atom is 0.355 e. The molecule has 0 radical (unpaired) electrons. The topological polar surface area (TPSA) is 94.3 Å². The Morgan fingerprint density at radius 3 is 2.31 bits per heavy atom. The lowest BCUT2D eigenvalue weighted by atomic mass is 10.2. The zero-order chi connectivity index (χ0) is 27.2. The van der Waals surface area contributed by atoms with Crippen LogP contribution in [0.15, 0.2) is 76.4 Å². The lowest BCUT2D eigenvalue weighted by molar-refractivity contribution is 0.414. The van der Waals surface area contributed by atoms with Crippen LogP contribution in [0, 0.1) is 5.82 Å². The monoisotopic (exact) mass is 548 g/mol. The van der Waals surface area contributed by atoms with Crippen molar-refractivity contribution >= 4 is 23.5 Å². The van der Waals surface area contributed by atoms with E-state index in [0.717, 1.165) is 46.1 Å². The molecule has 11 heteroatoms. The van der Waals surface area contributed by atoms with E-state index in [4.69, 9.17) is 4.74 Å². The highest BCUT2D eigenvalue weighted by atomic mass is 32.2. The van der Waals surface area contributed by atoms with Gasteiger partial charge in [-0.25, -0.2) is 23.5 Å². The minimum Gasteiger partial charge on any atom is -0.497 e. The molecule has 1 aliphatic rings. The molecule has 0 aliphatic carbocycles. The smallest absolute Gasteiger partial charge is 0.355 e. The summed E-state index contributed by atoms with van der Waals surface area (Å²) in [6, 6.07) is 16.9. The predicted octanol–water partition coefficient (Wildman–Crippen LogP) is 3.21. The van der Waals surface area contributed by atoms with Gasteiger partial charge in [0, 0.05) is 42.9 Å². The highest BCUT2D eigenvalue weighted by Gasteiger charge is 2.18. The molecule has 0 unspecified atom stereocenters. The van der Waals surface area contributed by atoms with Crippen LogP contribution in [0.1, 0.15) is 16.7 Å². The van der Waals surface area contributed by atoms with Gasteiger partial charge in [-0.15, -0.1) is 0 Å². The van der Waals surface area contributed by atoms with Crippen LogP contribution in [-0.4, -0.2) is 50.8 Å². The molecule has 2 aromatic heterocycles. The number of halogens is 1. The summed E-state index contributed by atoms with van der Waals surface area (Å²) in [5.41, 5.74) is 1.20. The number of thioether (sulfide) groups is 1. The van der Waals surface area contributed by atoms with E-state index in [9.17, 15) is 14.0 Å². The Morgan fingerprint density at radius 2 is 1.62 bits per heavy atom. The van der Waals surface area contributed by atoms with E-state index in [2.05, 4.69) is 20.2 Å². The normalized spacial score (nSPS) is 13.3. The fourth-order valence-corrected chi connectivity index (χ4v) is 5.33. The van der Waals surface area contributed by atoms with Gasteiger partial charge in [0.1, 0.15) is 17.4 Å². The number of hydrogen-bond acceptors (Lipinski definition) is 8. The number of benzene rings is 2. The van der Waals surface area contributed by atoms with E-state index < -0.39 is 17.2 Å². The molecule has 202 valence electrons. The Balaban J connectivity index is 1.48. The highest BCUT2D eigenvalue weighted by molar-refractivity contribution is 7.99. The van der Waals surface area contributed by atoms with Crippen LogP contribution in [0.4, 0.5) is 16.2 Å². The second kappa shape index (κ2) is 12.2. The van der Waals surface area contributed by atoms with Gasteiger partial charge in [-0.05, 0) is 41.5 Å². The third-order valence-corrected chi connectivity index (χ3v) is 7.46. The van der Waals surface area contributed by atoms with Crippen molar-refractivity contribution in [3.8, 4) is 5.75 Å². The minimum absolute atomic E-state index is 0.0203. The number of anilines is 2. The van der Waals surface area contributed by atoms with Gasteiger partial charge >= 0.3 is 11.4 Å². The van der Waals surface area contributed by atoms with Gasteiger partial charge in [0.25, 0.3) is 0 Å². The lowest BCUT2D eigenvalue weighted by Crippen LogP contribution is -2.43. The molecule has 0 saturated carbocycles. The SMILES string of the molecule is COc1ccc(Cn2c(NCc3cccnc3N3CCSCC3)nc(=O)n(Cc3ccc(F)cc3)c2=O)cc1. The van der Waals surface area contributed by atoms with E-state index in [1.807, 2.05) is 48.2 Å². The van der Waals surface area contributed by atoms with Gasteiger partial charge in [-0.2, -0.15) is 16.7 Å². The van der Waals surface area contributed by atoms with Crippen LogP contribution >= 0.6 is 11.8 Å². The summed E-state index contributed by atoms with van der Waals surface area (Å²) in [6.07, 6.45) is 1.77. The van der Waals surface area contributed by atoms with Gasteiger partial charge < -0.3 is 15.0 Å². The molecule has 9 nitrogen and oxygen atoms in total. The maximum atomic E-state index is 13.7. The number of nitrogens with one attached hydrogen (secondary N) is 1. The van der Waals surface area contributed by atoms with Crippen LogP contribution in [-0.2, 0) is 19.6 Å². The number of nitrogens with zero attached hydrogens (tertiary/aromatic N) is 5. The molecule has 1 aliphatic heterocycles. The van der Waals surface area contributed by atoms with Gasteiger partial charge in [0.05, 0.1) is 20.2 Å². The molecular formula is C28H29FN6O3S. The minimum atomic E-state index is -0.683. The number of ether oxygens (including phenoxy) is 1. The molecule has 39 heavy (non-hydrogen) atoms. The molecule has 1 fully saturated rings. The first-order valence-electron chi connectivity index (χ1n) is 12.6. The van der Waals surface area contributed by atoms with E-state index >= 15 is 0 Å². The highest BCUT2D eigenvalue weighted by Crippen LogP contribution is 2.22. The van der Waals surface area contributed by atoms with Crippen LogP contribution in [0.3, 0.4) is 0 Å². The van der Waals surface area contributed by atoms with Crippen molar-refractivity contribution in [1.29, 1.82) is 0 Å². The fraction of sp³-hybridized carbons (Fsp3) is 0.286. The number of pyridine rings is 1. The third kappa shape index (κ3) is 6.31. The lowest BCUT2D eigenvalue weighted by Gasteiger charge is -2.29. The molecule has 0 amide bonds. The van der Waals surface area contributed by atoms with Gasteiger partial charge in [-0.1, -0.05) is 30.3 Å². The number of aromatic nitrogens is 4. The summed E-state index contributed by atoms with van der Waals surface area (Å²) in [4.78, 5) is 37.8. The first kappa shape index (κ1) is 26.5. The van der Waals surface area contributed by atoms with Gasteiger partial charge in [0.2, 0.25) is 5.95 Å². The number of hydrogen-bond donors (Lipinski definition) is 1. The largest absolute Gasteiger partial charge is 0.497 e. The van der Waals surface area contributed by atoms with E-state index in [1.54, 1.807) is 25.4 Å². The van der Waals surface area contributed by atoms with Crippen molar-refractivity contribution in [2.45, 2.75) is 19.6 Å². The molecular weight excluding hydrogens is 519 g/mol. The Labute approximate surface area is 229 Å². The van der Waals surface area contributed by atoms with Gasteiger partial charge in [-0.3, -0.25) is 4.57 Å². The fourth-order valence-electron chi connectivity index (χ4n) is 4.43. The Bertz CT molecular complexity index is 1530. The molecule has 4 aromatic rings. The van der Waals surface area contributed by atoms with E-state index in [0.29, 0.717) is 17.9 Å². The van der Waals surface area contributed by atoms with Crippen LogP contribution < -0.4 is 26.3 Å². The van der Waals surface area contributed by atoms with Crippen molar-refractivity contribution in [3.63, 3.8) is 0 Å². The zero-order valence-electron chi connectivity index (χ0n) is 21.5. The average molecular weight is 549 g/mol. The summed E-state index contributed by atoms with van der Waals surface area (Å²) in [7, 11) is 1.59. The summed E-state index contributed by atoms with van der Waals surface area (Å²) in [5.74, 6) is 3.44. The first-order chi connectivity index (χ1) is 19.0. The summed E-state index contributed by atoms with van der Waals surface area (Å²) in [5, 5.41) is 3.22. The van der Waals surface area contributed by atoms with Crippen LogP contribution in [0.25, 0.3) is 0 Å². The van der Waals surface area contributed by atoms with Crippen LogP contribution in [0.5, 0.6) is 5.75 Å². The molecule has 0 atom stereocenters. The summed E-state index contributed by atoms with van der Waals surface area (Å²) in [6.45, 7) is 2.32. The van der Waals surface area contributed by atoms with Crippen molar-refractivity contribution in [1.82, 2.24) is 19.1 Å². The quantitative estimate of drug-likeness (QED) is 0.341. The first-order valence-corrected chi connectivity index (χ1v) is 13.8. The van der Waals surface area contributed by atoms with Gasteiger partial charge in [0.15, 0.2) is 0 Å². The van der Waals surface area contributed by atoms with Crippen molar-refractivity contribution < 1.29 is 9.13 Å². The molecule has 1 N–H and O–H groups in total. The molecule has 1 saturated heterocycles. The van der Waals surface area contributed by atoms with Crippen molar-refractivity contribution in [3.05, 3.63) is 110 Å². The van der Waals surface area contributed by atoms with Crippen molar-refractivity contribution in [2.75, 3.05) is 41.9 Å². The molecule has 2 aromatic carbocycles. The summed E-state index contributed by atoms with van der Waals surface area (Å²) >= 11 is 1.92. The van der Waals surface area contributed by atoms with Crippen LogP contribution in [0.2, 0.25) is 0 Å². The number of methoxy groups -OCH3 is 1. The molecule has 5 rings (SSSR count). The second-order valence-electron chi connectivity index (χ2n) is 9.09. The van der Waals surface area contributed by atoms with Crippen molar-refractivity contribution in [2.24, 2.45) is 0 Å².